The summed E-state index contributed by atoms with van der Waals surface area (Å²) in [7, 11) is 0. The van der Waals surface area contributed by atoms with E-state index in [0.29, 0.717) is 29.7 Å². The first-order chi connectivity index (χ1) is 11.6. The largest absolute Gasteiger partial charge is 0.354 e. The molecule has 1 saturated carbocycles. The molecule has 3 rings (SSSR count). The molecule has 2 amide bonds. The van der Waals surface area contributed by atoms with Gasteiger partial charge in [-0.3, -0.25) is 9.59 Å². The van der Waals surface area contributed by atoms with Crippen molar-refractivity contribution in [3.63, 3.8) is 0 Å². The van der Waals surface area contributed by atoms with Crippen LogP contribution < -0.4 is 16.4 Å². The molecule has 1 unspecified atom stereocenters. The number of nitrogens with one attached hydrogen (secondary N) is 2. The van der Waals surface area contributed by atoms with Gasteiger partial charge in [-0.05, 0) is 30.2 Å². The Balaban J connectivity index is 0.00000169. The van der Waals surface area contributed by atoms with E-state index in [0.717, 1.165) is 17.7 Å². The molecule has 1 aliphatic carbocycles. The topological polar surface area (TPSA) is 97.1 Å². The zero-order valence-corrected chi connectivity index (χ0v) is 17.2. The van der Waals surface area contributed by atoms with Crippen LogP contribution in [0.1, 0.15) is 23.4 Å². The van der Waals surface area contributed by atoms with Crippen molar-refractivity contribution in [2.75, 3.05) is 11.9 Å². The summed E-state index contributed by atoms with van der Waals surface area (Å²) in [5, 5.41) is 9.87. The Bertz CT molecular complexity index is 705. The van der Waals surface area contributed by atoms with Crippen LogP contribution >= 0.6 is 47.5 Å². The number of carbonyl (C=O) groups excluding carboxylic acids is 2. The molecular weight excluding hydrogens is 415 g/mol. The number of thiazole rings is 1. The Morgan fingerprint density at radius 1 is 1.23 bits per heavy atom. The summed E-state index contributed by atoms with van der Waals surface area (Å²) in [6.07, 6.45) is 2.87. The van der Waals surface area contributed by atoms with Gasteiger partial charge in [-0.2, -0.15) is 0 Å². The molecule has 26 heavy (non-hydrogen) atoms. The van der Waals surface area contributed by atoms with Crippen molar-refractivity contribution in [1.29, 1.82) is 0 Å². The van der Waals surface area contributed by atoms with Crippen LogP contribution in [0.15, 0.2) is 22.9 Å². The zero-order chi connectivity index (χ0) is 16.9. The Hall–Kier alpha value is -1.19. The number of carbonyl (C=O) groups is 2. The fourth-order valence-corrected chi connectivity index (χ4v) is 3.76. The monoisotopic (exact) mass is 436 g/mol. The van der Waals surface area contributed by atoms with Crippen molar-refractivity contribution in [3.8, 4) is 0 Å². The first-order valence-corrected chi connectivity index (χ1v) is 9.65. The predicted octanol–water partition coefficient (Wildman–Crippen LogP) is 2.63. The SMILES string of the molecule is Cl.Cl.NC(CNC(=O)Cc1csc(NC(=O)Cc2cccs2)n1)C1CC1. The molecule has 144 valence electrons. The number of halogens is 2. The van der Waals surface area contributed by atoms with Crippen molar-refractivity contribution in [2.24, 2.45) is 11.7 Å². The molecule has 0 bridgehead atoms. The number of aromatic nitrogens is 1. The molecule has 10 heteroatoms. The van der Waals surface area contributed by atoms with E-state index in [1.54, 1.807) is 16.7 Å². The van der Waals surface area contributed by atoms with E-state index < -0.39 is 0 Å². The van der Waals surface area contributed by atoms with Crippen molar-refractivity contribution < 1.29 is 9.59 Å². The van der Waals surface area contributed by atoms with Gasteiger partial charge < -0.3 is 16.4 Å². The lowest BCUT2D eigenvalue weighted by atomic mass is 10.2. The second-order valence-corrected chi connectivity index (χ2v) is 7.82. The summed E-state index contributed by atoms with van der Waals surface area (Å²) in [5.41, 5.74) is 6.62. The number of nitrogens with zero attached hydrogens (tertiary/aromatic N) is 1. The minimum absolute atomic E-state index is 0. The molecule has 0 spiro atoms. The summed E-state index contributed by atoms with van der Waals surface area (Å²) >= 11 is 2.88. The molecule has 2 aromatic heterocycles. The summed E-state index contributed by atoms with van der Waals surface area (Å²) in [6.45, 7) is 0.512. The maximum atomic E-state index is 11.9. The molecule has 1 fully saturated rings. The van der Waals surface area contributed by atoms with Gasteiger partial charge >= 0.3 is 0 Å². The first-order valence-electron chi connectivity index (χ1n) is 7.89. The van der Waals surface area contributed by atoms with Gasteiger partial charge in [0.15, 0.2) is 5.13 Å². The van der Waals surface area contributed by atoms with Gasteiger partial charge in [-0.1, -0.05) is 6.07 Å². The van der Waals surface area contributed by atoms with Gasteiger partial charge in [0.25, 0.3) is 0 Å². The highest BCUT2D eigenvalue weighted by atomic mass is 35.5. The lowest BCUT2D eigenvalue weighted by Crippen LogP contribution is -2.39. The average molecular weight is 437 g/mol. The summed E-state index contributed by atoms with van der Waals surface area (Å²) in [4.78, 5) is 29.1. The number of hydrogen-bond acceptors (Lipinski definition) is 6. The third-order valence-electron chi connectivity index (χ3n) is 3.82. The summed E-state index contributed by atoms with van der Waals surface area (Å²) in [5.74, 6) is 0.376. The first kappa shape index (κ1) is 22.9. The molecule has 2 heterocycles. The van der Waals surface area contributed by atoms with Crippen LogP contribution in [0.2, 0.25) is 0 Å². The second kappa shape index (κ2) is 10.8. The van der Waals surface area contributed by atoms with E-state index in [1.165, 1.54) is 11.3 Å². The Morgan fingerprint density at radius 2 is 2.00 bits per heavy atom. The molecule has 0 saturated heterocycles. The quantitative estimate of drug-likeness (QED) is 0.592. The Kier molecular flexibility index (Phi) is 9.52. The van der Waals surface area contributed by atoms with E-state index in [-0.39, 0.29) is 49.1 Å². The van der Waals surface area contributed by atoms with Crippen LogP contribution in [0.3, 0.4) is 0 Å². The standard InChI is InChI=1S/C16H20N4O2S2.2ClH/c17-13(10-3-4-10)8-18-14(21)6-11-9-24-16(19-11)20-15(22)7-12-2-1-5-23-12;;/h1-2,5,9-10,13H,3-4,6-8,17H2,(H,18,21)(H,19,20,22);2*1H. The smallest absolute Gasteiger partial charge is 0.231 e. The van der Waals surface area contributed by atoms with Crippen molar-refractivity contribution in [3.05, 3.63) is 33.5 Å². The van der Waals surface area contributed by atoms with E-state index in [2.05, 4.69) is 15.6 Å². The van der Waals surface area contributed by atoms with Crippen molar-refractivity contribution >= 4 is 64.4 Å². The van der Waals surface area contributed by atoms with Gasteiger partial charge in [-0.15, -0.1) is 47.5 Å². The van der Waals surface area contributed by atoms with Crippen LogP contribution in [0.4, 0.5) is 5.13 Å². The highest BCUT2D eigenvalue weighted by Crippen LogP contribution is 2.31. The fourth-order valence-electron chi connectivity index (χ4n) is 2.33. The van der Waals surface area contributed by atoms with E-state index >= 15 is 0 Å². The minimum atomic E-state index is -0.0989. The molecule has 1 atom stereocenters. The number of rotatable bonds is 8. The fraction of sp³-hybridized carbons (Fsp3) is 0.438. The molecule has 6 nitrogen and oxygen atoms in total. The number of thiophene rings is 1. The number of hydrogen-bond donors (Lipinski definition) is 3. The van der Waals surface area contributed by atoms with Crippen LogP contribution in [-0.2, 0) is 22.4 Å². The Morgan fingerprint density at radius 3 is 2.65 bits per heavy atom. The maximum absolute atomic E-state index is 11.9. The lowest BCUT2D eigenvalue weighted by molar-refractivity contribution is -0.120. The van der Waals surface area contributed by atoms with Gasteiger partial charge in [0.1, 0.15) is 0 Å². The number of nitrogens with two attached hydrogens (primary N) is 1. The van der Waals surface area contributed by atoms with Gasteiger partial charge in [0.2, 0.25) is 11.8 Å². The van der Waals surface area contributed by atoms with Crippen LogP contribution in [0, 0.1) is 5.92 Å². The molecule has 0 aromatic carbocycles. The van der Waals surface area contributed by atoms with E-state index in [1.807, 2.05) is 17.5 Å². The number of amides is 2. The lowest BCUT2D eigenvalue weighted by Gasteiger charge is -2.10. The predicted molar refractivity (Wildman–Crippen MR) is 111 cm³/mol. The van der Waals surface area contributed by atoms with E-state index in [9.17, 15) is 9.59 Å². The van der Waals surface area contributed by atoms with Crippen LogP contribution in [-0.4, -0.2) is 29.4 Å². The molecule has 1 aliphatic rings. The highest BCUT2D eigenvalue weighted by Gasteiger charge is 2.28. The van der Waals surface area contributed by atoms with Crippen LogP contribution in [0.25, 0.3) is 0 Å². The van der Waals surface area contributed by atoms with Gasteiger partial charge in [-0.25, -0.2) is 4.98 Å². The molecular formula is C16H22Cl2N4O2S2. The normalized spacial score (nSPS) is 13.9. The third-order valence-corrected chi connectivity index (χ3v) is 5.50. The maximum Gasteiger partial charge on any atom is 0.231 e. The third kappa shape index (κ3) is 7.20. The Labute approximate surface area is 172 Å². The molecule has 4 N–H and O–H groups in total. The minimum Gasteiger partial charge on any atom is -0.354 e. The summed E-state index contributed by atoms with van der Waals surface area (Å²) in [6, 6.07) is 3.90. The van der Waals surface area contributed by atoms with Crippen LogP contribution in [0.5, 0.6) is 0 Å². The summed E-state index contributed by atoms with van der Waals surface area (Å²) < 4.78 is 0. The molecule has 0 aliphatic heterocycles. The van der Waals surface area contributed by atoms with Gasteiger partial charge in [0.05, 0.1) is 18.5 Å². The molecule has 2 aromatic rings. The zero-order valence-electron chi connectivity index (χ0n) is 14.0. The van der Waals surface area contributed by atoms with Gasteiger partial charge in [0, 0.05) is 22.8 Å². The van der Waals surface area contributed by atoms with Crippen molar-refractivity contribution in [2.45, 2.75) is 31.7 Å². The highest BCUT2D eigenvalue weighted by molar-refractivity contribution is 7.14. The number of anilines is 1. The van der Waals surface area contributed by atoms with Crippen molar-refractivity contribution in [1.82, 2.24) is 10.3 Å². The van der Waals surface area contributed by atoms with E-state index in [4.69, 9.17) is 5.73 Å². The average Bonchev–Trinajstić information content (AvgIpc) is 3.12. The second-order valence-electron chi connectivity index (χ2n) is 5.93. The molecule has 0 radical (unpaired) electrons.